The molecule has 2 fully saturated rings. The smallest absolute Gasteiger partial charge is 0.258 e. The lowest BCUT2D eigenvalue weighted by Crippen LogP contribution is -2.46. The molecule has 0 unspecified atom stereocenters. The van der Waals surface area contributed by atoms with Crippen molar-refractivity contribution in [2.24, 2.45) is 0 Å². The van der Waals surface area contributed by atoms with Crippen molar-refractivity contribution < 1.29 is 9.53 Å². The van der Waals surface area contributed by atoms with Gasteiger partial charge in [-0.1, -0.05) is 23.2 Å². The third-order valence-electron chi connectivity index (χ3n) is 3.42. The summed E-state index contributed by atoms with van der Waals surface area (Å²) in [6, 6.07) is 0. The summed E-state index contributed by atoms with van der Waals surface area (Å²) in [5.41, 5.74) is -0.797. The molecular formula is C11H17Cl2NO2S. The van der Waals surface area contributed by atoms with Crippen LogP contribution in [0, 0.1) is 0 Å². The van der Waals surface area contributed by atoms with Gasteiger partial charge >= 0.3 is 0 Å². The molecule has 3 nitrogen and oxygen atoms in total. The maximum absolute atomic E-state index is 12.0. The van der Waals surface area contributed by atoms with Gasteiger partial charge in [-0.3, -0.25) is 4.79 Å². The second kappa shape index (κ2) is 4.80. The highest BCUT2D eigenvalue weighted by Gasteiger charge is 2.52. The fraction of sp³-hybridized carbons (Fsp3) is 0.909. The van der Waals surface area contributed by atoms with E-state index in [0.29, 0.717) is 6.54 Å². The second-order valence-corrected chi connectivity index (χ2v) is 7.39. The first-order valence-electron chi connectivity index (χ1n) is 5.74. The van der Waals surface area contributed by atoms with Crippen molar-refractivity contribution in [3.8, 4) is 0 Å². The number of thioether (sulfide) groups is 1. The van der Waals surface area contributed by atoms with Crippen LogP contribution >= 0.6 is 35.0 Å². The average molecular weight is 298 g/mol. The Morgan fingerprint density at radius 3 is 2.47 bits per heavy atom. The first-order chi connectivity index (χ1) is 7.86. The first-order valence-corrected chi connectivity index (χ1v) is 7.77. The van der Waals surface area contributed by atoms with E-state index in [2.05, 4.69) is 0 Å². The van der Waals surface area contributed by atoms with Crippen LogP contribution in [0.25, 0.3) is 0 Å². The van der Waals surface area contributed by atoms with Crippen LogP contribution in [0.2, 0.25) is 0 Å². The van der Waals surface area contributed by atoms with Crippen molar-refractivity contribution >= 4 is 40.9 Å². The monoisotopic (exact) mass is 297 g/mol. The molecule has 2 aliphatic rings. The van der Waals surface area contributed by atoms with Gasteiger partial charge in [0, 0.05) is 0 Å². The minimum Gasteiger partial charge on any atom is -0.348 e. The Bertz CT molecular complexity index is 317. The molecular weight excluding hydrogens is 281 g/mol. The number of nitrogens with zero attached hydrogens (tertiary/aromatic N) is 1. The summed E-state index contributed by atoms with van der Waals surface area (Å²) in [6.07, 6.45) is 1.97. The molecule has 0 saturated carbocycles. The van der Waals surface area contributed by atoms with Crippen LogP contribution in [0.15, 0.2) is 0 Å². The molecule has 0 radical (unpaired) electrons. The average Bonchev–Trinajstić information content (AvgIpc) is 2.49. The van der Waals surface area contributed by atoms with E-state index in [1.54, 1.807) is 4.90 Å². The van der Waals surface area contributed by atoms with Gasteiger partial charge in [0.1, 0.15) is 5.72 Å². The molecule has 2 saturated heterocycles. The lowest BCUT2D eigenvalue weighted by atomic mass is 9.97. The van der Waals surface area contributed by atoms with E-state index in [9.17, 15) is 4.79 Å². The van der Waals surface area contributed by atoms with Crippen LogP contribution in [-0.2, 0) is 9.53 Å². The number of hydrogen-bond donors (Lipinski definition) is 0. The summed E-state index contributed by atoms with van der Waals surface area (Å²) < 4.78 is 6.14. The Morgan fingerprint density at radius 1 is 1.35 bits per heavy atom. The molecule has 0 aromatic rings. The summed E-state index contributed by atoms with van der Waals surface area (Å²) in [5, 5.41) is 0. The molecule has 1 spiro atoms. The van der Waals surface area contributed by atoms with Gasteiger partial charge in [-0.05, 0) is 38.2 Å². The summed E-state index contributed by atoms with van der Waals surface area (Å²) in [6.45, 7) is 4.41. The van der Waals surface area contributed by atoms with Crippen LogP contribution in [0.5, 0.6) is 0 Å². The minimum atomic E-state index is -1.01. The van der Waals surface area contributed by atoms with Crippen LogP contribution in [0.4, 0.5) is 0 Å². The van der Waals surface area contributed by atoms with Crippen molar-refractivity contribution in [3.05, 3.63) is 0 Å². The molecule has 0 atom stereocenters. The zero-order valence-corrected chi connectivity index (χ0v) is 12.4. The number of halogens is 2. The molecule has 2 heterocycles. The van der Waals surface area contributed by atoms with Crippen molar-refractivity contribution in [2.75, 3.05) is 18.1 Å². The van der Waals surface area contributed by atoms with Crippen LogP contribution < -0.4 is 0 Å². The molecule has 17 heavy (non-hydrogen) atoms. The van der Waals surface area contributed by atoms with Crippen LogP contribution in [0.3, 0.4) is 0 Å². The van der Waals surface area contributed by atoms with Gasteiger partial charge in [-0.2, -0.15) is 11.8 Å². The number of rotatable bonds is 1. The van der Waals surface area contributed by atoms with Gasteiger partial charge in [0.05, 0.1) is 12.1 Å². The Morgan fingerprint density at radius 2 is 1.94 bits per heavy atom. The molecule has 0 bridgehead atoms. The predicted octanol–water partition coefficient (Wildman–Crippen LogP) is 2.65. The summed E-state index contributed by atoms with van der Waals surface area (Å²) in [4.78, 5) is 12.6. The van der Waals surface area contributed by atoms with E-state index >= 15 is 0 Å². The molecule has 0 N–H and O–H groups in total. The van der Waals surface area contributed by atoms with Crippen molar-refractivity contribution in [1.29, 1.82) is 0 Å². The highest BCUT2D eigenvalue weighted by atomic mass is 35.5. The predicted molar refractivity (Wildman–Crippen MR) is 71.7 cm³/mol. The number of alkyl halides is 2. The maximum Gasteiger partial charge on any atom is 0.258 e. The SMILES string of the molecule is CC1(C)OC2(CCSCC2)CN1C(=O)C(Cl)Cl. The highest BCUT2D eigenvalue weighted by molar-refractivity contribution is 7.99. The Labute approximate surface area is 116 Å². The number of hydrogen-bond acceptors (Lipinski definition) is 3. The van der Waals surface area contributed by atoms with Crippen molar-refractivity contribution in [3.63, 3.8) is 0 Å². The normalized spacial score (nSPS) is 26.8. The molecule has 2 aliphatic heterocycles. The quantitative estimate of drug-likeness (QED) is 0.697. The van der Waals surface area contributed by atoms with E-state index < -0.39 is 10.6 Å². The molecule has 6 heteroatoms. The zero-order chi connectivity index (χ0) is 12.7. The molecule has 0 aliphatic carbocycles. The first kappa shape index (κ1) is 13.8. The standard InChI is InChI=1S/C11H17Cl2NO2S/c1-10(2)14(9(15)8(12)13)7-11(16-10)3-5-17-6-4-11/h8H,3-7H2,1-2H3. The Balaban J connectivity index is 2.16. The number of ether oxygens (including phenoxy) is 1. The molecule has 1 amide bonds. The van der Waals surface area contributed by atoms with E-state index in [1.165, 1.54) is 0 Å². The van der Waals surface area contributed by atoms with E-state index in [4.69, 9.17) is 27.9 Å². The van der Waals surface area contributed by atoms with E-state index in [1.807, 2.05) is 25.6 Å². The lowest BCUT2D eigenvalue weighted by Gasteiger charge is -2.33. The summed E-state index contributed by atoms with van der Waals surface area (Å²) in [5.74, 6) is 1.92. The highest BCUT2D eigenvalue weighted by Crippen LogP contribution is 2.42. The topological polar surface area (TPSA) is 29.5 Å². The fourth-order valence-electron chi connectivity index (χ4n) is 2.56. The zero-order valence-electron chi connectivity index (χ0n) is 10.0. The fourth-order valence-corrected chi connectivity index (χ4v) is 4.03. The molecule has 0 aromatic heterocycles. The molecule has 0 aromatic carbocycles. The van der Waals surface area contributed by atoms with Gasteiger partial charge in [-0.15, -0.1) is 0 Å². The maximum atomic E-state index is 12.0. The summed E-state index contributed by atoms with van der Waals surface area (Å²) in [7, 11) is 0. The third-order valence-corrected chi connectivity index (χ3v) is 4.78. The Kier molecular flexibility index (Phi) is 3.89. The number of amides is 1. The lowest BCUT2D eigenvalue weighted by molar-refractivity contribution is -0.150. The van der Waals surface area contributed by atoms with Gasteiger partial charge in [0.25, 0.3) is 5.91 Å². The largest absolute Gasteiger partial charge is 0.348 e. The number of carbonyl (C=O) groups is 1. The van der Waals surface area contributed by atoms with E-state index in [-0.39, 0.29) is 11.5 Å². The third kappa shape index (κ3) is 2.70. The van der Waals surface area contributed by atoms with Gasteiger partial charge in [0.15, 0.2) is 4.84 Å². The summed E-state index contributed by atoms with van der Waals surface area (Å²) >= 11 is 13.3. The minimum absolute atomic E-state index is 0.187. The van der Waals surface area contributed by atoms with Crippen molar-refractivity contribution in [2.45, 2.75) is 42.9 Å². The van der Waals surface area contributed by atoms with Gasteiger partial charge < -0.3 is 9.64 Å². The van der Waals surface area contributed by atoms with Gasteiger partial charge in [0.2, 0.25) is 0 Å². The molecule has 2 rings (SSSR count). The van der Waals surface area contributed by atoms with Crippen LogP contribution in [-0.4, -0.2) is 45.0 Å². The Hall–Kier alpha value is 0.360. The van der Waals surface area contributed by atoms with E-state index in [0.717, 1.165) is 24.3 Å². The van der Waals surface area contributed by atoms with Crippen molar-refractivity contribution in [1.82, 2.24) is 4.90 Å². The van der Waals surface area contributed by atoms with Crippen LogP contribution in [0.1, 0.15) is 26.7 Å². The number of carbonyl (C=O) groups excluding carboxylic acids is 1. The molecule has 98 valence electrons. The second-order valence-electron chi connectivity index (χ2n) is 5.07. The van der Waals surface area contributed by atoms with Gasteiger partial charge in [-0.25, -0.2) is 0 Å².